The van der Waals surface area contributed by atoms with Gasteiger partial charge in [-0.1, -0.05) is 18.5 Å². The Morgan fingerprint density at radius 3 is 2.78 bits per heavy atom. The first-order chi connectivity index (χ1) is 11.0. The van der Waals surface area contributed by atoms with Gasteiger partial charge in [-0.3, -0.25) is 4.98 Å². The van der Waals surface area contributed by atoms with Crippen molar-refractivity contribution >= 4 is 29.6 Å². The number of hydrogen-bond donors (Lipinski definition) is 1. The highest BCUT2D eigenvalue weighted by molar-refractivity contribution is 7.95. The molecule has 1 N–H and O–H groups in total. The number of benzene rings is 1. The molecular formula is C16H16ClNO4S. The highest BCUT2D eigenvalue weighted by Crippen LogP contribution is 2.32. The van der Waals surface area contributed by atoms with Crippen molar-refractivity contribution in [3.63, 3.8) is 0 Å². The zero-order valence-corrected chi connectivity index (χ0v) is 14.2. The maximum atomic E-state index is 11.7. The van der Waals surface area contributed by atoms with Crippen LogP contribution in [0.3, 0.4) is 0 Å². The molecule has 1 heterocycles. The number of phenols is 1. The molecule has 0 aliphatic rings. The minimum atomic E-state index is -0.820. The number of aromatic nitrogens is 1. The van der Waals surface area contributed by atoms with Crippen LogP contribution in [-0.4, -0.2) is 27.9 Å². The fraction of sp³-hybridized carbons (Fsp3) is 0.250. The molecule has 23 heavy (non-hydrogen) atoms. The third kappa shape index (κ3) is 4.77. The van der Waals surface area contributed by atoms with Crippen LogP contribution in [0.25, 0.3) is 11.3 Å². The lowest BCUT2D eigenvalue weighted by molar-refractivity contribution is -0.140. The summed E-state index contributed by atoms with van der Waals surface area (Å²) < 4.78 is 10.4. The van der Waals surface area contributed by atoms with Crippen LogP contribution in [0.4, 0.5) is 0 Å². The Morgan fingerprint density at radius 2 is 2.17 bits per heavy atom. The van der Waals surface area contributed by atoms with Crippen molar-refractivity contribution in [2.45, 2.75) is 20.0 Å². The first kappa shape index (κ1) is 17.4. The quantitative estimate of drug-likeness (QED) is 0.789. The van der Waals surface area contributed by atoms with Crippen molar-refractivity contribution in [2.24, 2.45) is 0 Å². The van der Waals surface area contributed by atoms with E-state index in [0.717, 1.165) is 12.0 Å². The van der Waals surface area contributed by atoms with E-state index in [4.69, 9.17) is 20.5 Å². The second-order valence-corrected chi connectivity index (χ2v) is 6.03. The molecule has 0 saturated carbocycles. The molecule has 5 nitrogen and oxygen atoms in total. The van der Waals surface area contributed by atoms with Gasteiger partial charge in [0.05, 0.1) is 22.8 Å². The van der Waals surface area contributed by atoms with E-state index in [-0.39, 0.29) is 11.5 Å². The van der Waals surface area contributed by atoms with Gasteiger partial charge in [0.1, 0.15) is 0 Å². The van der Waals surface area contributed by atoms with E-state index >= 15 is 0 Å². The number of hydrogen-bond acceptors (Lipinski definition) is 6. The fourth-order valence-corrected chi connectivity index (χ4v) is 2.23. The van der Waals surface area contributed by atoms with Gasteiger partial charge in [-0.15, -0.1) is 0 Å². The lowest BCUT2D eigenvalue weighted by Crippen LogP contribution is -2.24. The molecule has 1 unspecified atom stereocenters. The number of halogens is 1. The van der Waals surface area contributed by atoms with Crippen molar-refractivity contribution in [1.82, 2.24) is 4.98 Å². The molecule has 0 aliphatic heterocycles. The second kappa shape index (κ2) is 8.08. The molecule has 1 aromatic carbocycles. The lowest BCUT2D eigenvalue weighted by atomic mass is 10.1. The summed E-state index contributed by atoms with van der Waals surface area (Å²) >= 11 is 6.85. The largest absolute Gasteiger partial charge is 0.504 e. The van der Waals surface area contributed by atoms with Crippen LogP contribution in [-0.2, 0) is 8.98 Å². The molecule has 0 fully saturated rings. The Hall–Kier alpha value is -1.92. The van der Waals surface area contributed by atoms with Crippen LogP contribution < -0.4 is 4.74 Å². The van der Waals surface area contributed by atoms with Gasteiger partial charge in [0.25, 0.3) is 0 Å². The molecule has 1 atom stereocenters. The van der Waals surface area contributed by atoms with Crippen LogP contribution in [0.2, 0.25) is 5.02 Å². The third-order valence-corrected chi connectivity index (χ3v) is 3.62. The summed E-state index contributed by atoms with van der Waals surface area (Å²) in [5.74, 6) is 0.280. The number of carbonyl (C=O) groups excluding carboxylic acids is 1. The van der Waals surface area contributed by atoms with Gasteiger partial charge >= 0.3 is 5.97 Å². The third-order valence-electron chi connectivity index (χ3n) is 2.88. The summed E-state index contributed by atoms with van der Waals surface area (Å²) in [7, 11) is 0. The van der Waals surface area contributed by atoms with Crippen LogP contribution in [0.15, 0.2) is 36.5 Å². The molecule has 1 aromatic heterocycles. The Kier molecular flexibility index (Phi) is 6.12. The van der Waals surface area contributed by atoms with Gasteiger partial charge in [-0.2, -0.15) is 0 Å². The maximum absolute atomic E-state index is 11.7. The van der Waals surface area contributed by atoms with E-state index in [9.17, 15) is 9.90 Å². The van der Waals surface area contributed by atoms with E-state index in [1.54, 1.807) is 31.2 Å². The molecule has 0 saturated heterocycles. The number of nitrogens with zero attached hydrogens (tertiary/aromatic N) is 1. The van der Waals surface area contributed by atoms with Crippen LogP contribution in [0.5, 0.6) is 11.5 Å². The molecule has 2 aromatic rings. The molecule has 0 aliphatic carbocycles. The molecule has 122 valence electrons. The van der Waals surface area contributed by atoms with Crippen LogP contribution in [0.1, 0.15) is 13.8 Å². The summed E-state index contributed by atoms with van der Waals surface area (Å²) in [5.41, 5.74) is 1.38. The first-order valence-corrected chi connectivity index (χ1v) is 8.25. The highest BCUT2D eigenvalue weighted by Gasteiger charge is 2.18. The Balaban J connectivity index is 2.10. The predicted octanol–water partition coefficient (Wildman–Crippen LogP) is 4.09. The highest BCUT2D eigenvalue weighted by atomic mass is 35.5. The zero-order chi connectivity index (χ0) is 16.8. The van der Waals surface area contributed by atoms with E-state index in [1.165, 1.54) is 12.3 Å². The SMILES string of the molecule is CCSOC(=O)C(C)Oc1ccc(-c2ccc(Cl)cn2)cc1O. The molecule has 2 rings (SSSR count). The van der Waals surface area contributed by atoms with Gasteiger partial charge in [-0.25, -0.2) is 4.79 Å². The standard InChI is InChI=1S/C16H16ClNO4S/c1-3-23-22-16(20)10(2)21-15-7-4-11(8-14(15)19)13-6-5-12(17)9-18-13/h4-10,19H,3H2,1-2H3. The van der Waals surface area contributed by atoms with E-state index < -0.39 is 12.1 Å². The van der Waals surface area contributed by atoms with Crippen molar-refractivity contribution < 1.29 is 18.8 Å². The maximum Gasteiger partial charge on any atom is 0.359 e. The van der Waals surface area contributed by atoms with Crippen molar-refractivity contribution in [1.29, 1.82) is 0 Å². The predicted molar refractivity (Wildman–Crippen MR) is 90.7 cm³/mol. The fourth-order valence-electron chi connectivity index (χ4n) is 1.75. The smallest absolute Gasteiger partial charge is 0.359 e. The molecule has 0 spiro atoms. The zero-order valence-electron chi connectivity index (χ0n) is 12.7. The molecule has 7 heteroatoms. The average molecular weight is 354 g/mol. The Morgan fingerprint density at radius 1 is 1.39 bits per heavy atom. The van der Waals surface area contributed by atoms with E-state index in [0.29, 0.717) is 22.0 Å². The average Bonchev–Trinajstić information content (AvgIpc) is 2.55. The monoisotopic (exact) mass is 353 g/mol. The van der Waals surface area contributed by atoms with Crippen molar-refractivity contribution in [2.75, 3.05) is 5.75 Å². The summed E-state index contributed by atoms with van der Waals surface area (Å²) in [6.07, 6.45) is 0.710. The van der Waals surface area contributed by atoms with Crippen molar-refractivity contribution in [3.8, 4) is 22.8 Å². The minimum absolute atomic E-state index is 0.0814. The number of ether oxygens (including phenoxy) is 1. The Bertz CT molecular complexity index is 678. The lowest BCUT2D eigenvalue weighted by Gasteiger charge is -2.14. The minimum Gasteiger partial charge on any atom is -0.504 e. The number of pyridine rings is 1. The molecular weight excluding hydrogens is 338 g/mol. The van der Waals surface area contributed by atoms with Gasteiger partial charge in [0.2, 0.25) is 0 Å². The van der Waals surface area contributed by atoms with Crippen LogP contribution in [0, 0.1) is 0 Å². The summed E-state index contributed by atoms with van der Waals surface area (Å²) in [6, 6.07) is 8.31. The normalized spacial score (nSPS) is 11.8. The topological polar surface area (TPSA) is 68.7 Å². The van der Waals surface area contributed by atoms with Gasteiger partial charge < -0.3 is 14.0 Å². The molecule has 0 radical (unpaired) electrons. The number of carbonyl (C=O) groups is 1. The van der Waals surface area contributed by atoms with Gasteiger partial charge in [-0.05, 0) is 37.3 Å². The molecule has 0 bridgehead atoms. The van der Waals surface area contributed by atoms with Gasteiger partial charge in [0.15, 0.2) is 17.6 Å². The van der Waals surface area contributed by atoms with E-state index in [1.807, 2.05) is 6.92 Å². The molecule has 0 amide bonds. The van der Waals surface area contributed by atoms with Gasteiger partial charge in [0, 0.05) is 17.5 Å². The number of phenolic OH excluding ortho intramolecular Hbond substituents is 1. The first-order valence-electron chi connectivity index (χ1n) is 6.96. The summed E-state index contributed by atoms with van der Waals surface area (Å²) in [6.45, 7) is 3.44. The summed E-state index contributed by atoms with van der Waals surface area (Å²) in [5, 5.41) is 10.6. The number of aromatic hydroxyl groups is 1. The van der Waals surface area contributed by atoms with E-state index in [2.05, 4.69) is 4.98 Å². The van der Waals surface area contributed by atoms with Crippen molar-refractivity contribution in [3.05, 3.63) is 41.6 Å². The second-order valence-electron chi connectivity index (χ2n) is 4.61. The van der Waals surface area contributed by atoms with Crippen LogP contribution >= 0.6 is 23.6 Å². The Labute approximate surface area is 143 Å². The summed E-state index contributed by atoms with van der Waals surface area (Å²) in [4.78, 5) is 15.8. The number of rotatable bonds is 6.